The van der Waals surface area contributed by atoms with Crippen molar-refractivity contribution in [2.75, 3.05) is 29.1 Å². The van der Waals surface area contributed by atoms with E-state index in [9.17, 15) is 19.7 Å². The molecule has 9 heteroatoms. The molecule has 0 aliphatic carbocycles. The molecule has 0 unspecified atom stereocenters. The van der Waals surface area contributed by atoms with E-state index in [2.05, 4.69) is 31.0 Å². The number of hydrogen-bond donors (Lipinski definition) is 2. The third-order valence-corrected chi connectivity index (χ3v) is 4.24. The van der Waals surface area contributed by atoms with Gasteiger partial charge in [0.15, 0.2) is 6.61 Å². The highest BCUT2D eigenvalue weighted by molar-refractivity contribution is 5.96. The van der Waals surface area contributed by atoms with Gasteiger partial charge in [-0.3, -0.25) is 14.9 Å². The Balaban J connectivity index is 1.94. The zero-order valence-corrected chi connectivity index (χ0v) is 16.5. The van der Waals surface area contributed by atoms with Gasteiger partial charge >= 0.3 is 5.97 Å². The molecule has 0 heterocycles. The van der Waals surface area contributed by atoms with Gasteiger partial charge in [-0.05, 0) is 57.2 Å². The summed E-state index contributed by atoms with van der Waals surface area (Å²) in [6.45, 7) is 6.61. The lowest BCUT2D eigenvalue weighted by Gasteiger charge is -2.27. The molecule has 9 nitrogen and oxygen atoms in total. The largest absolute Gasteiger partial charge is 0.452 e. The van der Waals surface area contributed by atoms with E-state index in [-0.39, 0.29) is 11.3 Å². The van der Waals surface area contributed by atoms with Gasteiger partial charge in [-0.25, -0.2) is 4.79 Å². The van der Waals surface area contributed by atoms with Crippen molar-refractivity contribution < 1.29 is 19.2 Å². The molecule has 0 bridgehead atoms. The standard InChI is InChI=1S/C20H24N4O5/c1-4-23(13(2)3)16-8-6-15(7-9-16)22-19(25)12-29-20(26)14-5-10-17(21)18(11-14)24(27)28/h5-11,13H,4,12,21H2,1-3H3,(H,22,25). The van der Waals surface area contributed by atoms with Gasteiger partial charge in [-0.2, -0.15) is 0 Å². The Kier molecular flexibility index (Phi) is 7.13. The van der Waals surface area contributed by atoms with Crippen molar-refractivity contribution in [3.05, 3.63) is 58.1 Å². The van der Waals surface area contributed by atoms with E-state index in [1.807, 2.05) is 12.1 Å². The number of carbonyl (C=O) groups is 2. The monoisotopic (exact) mass is 400 g/mol. The van der Waals surface area contributed by atoms with Crippen LogP contribution in [-0.4, -0.2) is 36.0 Å². The lowest BCUT2D eigenvalue weighted by molar-refractivity contribution is -0.383. The molecule has 0 spiro atoms. The van der Waals surface area contributed by atoms with E-state index in [4.69, 9.17) is 10.5 Å². The van der Waals surface area contributed by atoms with Crippen LogP contribution in [0, 0.1) is 10.1 Å². The molecule has 0 aromatic heterocycles. The third kappa shape index (κ3) is 5.68. The molecule has 0 saturated carbocycles. The molecule has 3 N–H and O–H groups in total. The SMILES string of the molecule is CCN(c1ccc(NC(=O)COC(=O)c2ccc(N)c([N+](=O)[O-])c2)cc1)C(C)C. The second-order valence-electron chi connectivity index (χ2n) is 6.58. The van der Waals surface area contributed by atoms with Gasteiger partial charge in [0.1, 0.15) is 5.69 Å². The Morgan fingerprint density at radius 2 is 1.86 bits per heavy atom. The fourth-order valence-corrected chi connectivity index (χ4v) is 2.82. The number of nitrogens with zero attached hydrogens (tertiary/aromatic N) is 2. The molecule has 29 heavy (non-hydrogen) atoms. The zero-order chi connectivity index (χ0) is 21.6. The molecule has 154 valence electrons. The predicted molar refractivity (Wildman–Crippen MR) is 111 cm³/mol. The topological polar surface area (TPSA) is 128 Å². The molecule has 1 amide bonds. The van der Waals surface area contributed by atoms with E-state index in [0.29, 0.717) is 11.7 Å². The first kappa shape index (κ1) is 21.7. The lowest BCUT2D eigenvalue weighted by atomic mass is 10.2. The number of ether oxygens (including phenoxy) is 1. The number of esters is 1. The van der Waals surface area contributed by atoms with E-state index in [0.717, 1.165) is 18.3 Å². The van der Waals surface area contributed by atoms with Gasteiger partial charge in [0.25, 0.3) is 11.6 Å². The number of nitrogens with two attached hydrogens (primary N) is 1. The molecular formula is C20H24N4O5. The van der Waals surface area contributed by atoms with Crippen LogP contribution in [0.4, 0.5) is 22.7 Å². The fourth-order valence-electron chi connectivity index (χ4n) is 2.82. The normalized spacial score (nSPS) is 10.5. The third-order valence-electron chi connectivity index (χ3n) is 4.24. The summed E-state index contributed by atoms with van der Waals surface area (Å²) in [5.41, 5.74) is 6.58. The first-order valence-corrected chi connectivity index (χ1v) is 9.10. The highest BCUT2D eigenvalue weighted by Crippen LogP contribution is 2.23. The van der Waals surface area contributed by atoms with Crippen LogP contribution in [0.2, 0.25) is 0 Å². The number of amides is 1. The number of nitrogens with one attached hydrogen (secondary N) is 1. The molecule has 2 rings (SSSR count). The van der Waals surface area contributed by atoms with Crippen molar-refractivity contribution in [2.45, 2.75) is 26.8 Å². The van der Waals surface area contributed by atoms with Crippen molar-refractivity contribution in [3.8, 4) is 0 Å². The summed E-state index contributed by atoms with van der Waals surface area (Å²) >= 11 is 0. The maximum absolute atomic E-state index is 12.0. The van der Waals surface area contributed by atoms with Gasteiger partial charge in [-0.15, -0.1) is 0 Å². The summed E-state index contributed by atoms with van der Waals surface area (Å²) in [7, 11) is 0. The van der Waals surface area contributed by atoms with Crippen molar-refractivity contribution in [1.82, 2.24) is 0 Å². The maximum Gasteiger partial charge on any atom is 0.338 e. The highest BCUT2D eigenvalue weighted by Gasteiger charge is 2.17. The molecule has 0 aliphatic rings. The molecule has 0 fully saturated rings. The number of nitro benzene ring substituents is 1. The second-order valence-corrected chi connectivity index (χ2v) is 6.58. The van der Waals surface area contributed by atoms with Gasteiger partial charge in [0.05, 0.1) is 10.5 Å². The van der Waals surface area contributed by atoms with Crippen LogP contribution in [0.25, 0.3) is 0 Å². The minimum atomic E-state index is -0.853. The average Bonchev–Trinajstić information content (AvgIpc) is 2.68. The van der Waals surface area contributed by atoms with Gasteiger partial charge in [0, 0.05) is 30.0 Å². The zero-order valence-electron chi connectivity index (χ0n) is 16.5. The van der Waals surface area contributed by atoms with Crippen LogP contribution < -0.4 is 16.0 Å². The summed E-state index contributed by atoms with van der Waals surface area (Å²) in [5.74, 6) is -1.37. The van der Waals surface area contributed by atoms with Crippen LogP contribution in [0.1, 0.15) is 31.1 Å². The summed E-state index contributed by atoms with van der Waals surface area (Å²) < 4.78 is 4.92. The number of rotatable bonds is 8. The molecule has 0 atom stereocenters. The van der Waals surface area contributed by atoms with E-state index >= 15 is 0 Å². The Morgan fingerprint density at radius 1 is 1.21 bits per heavy atom. The minimum absolute atomic E-state index is 0.0589. The Morgan fingerprint density at radius 3 is 2.41 bits per heavy atom. The van der Waals surface area contributed by atoms with E-state index in [1.54, 1.807) is 12.1 Å². The molecule has 0 aliphatic heterocycles. The smallest absolute Gasteiger partial charge is 0.338 e. The Bertz CT molecular complexity index is 896. The number of carbonyl (C=O) groups excluding carboxylic acids is 2. The number of hydrogen-bond acceptors (Lipinski definition) is 7. The van der Waals surface area contributed by atoms with Crippen LogP contribution in [0.15, 0.2) is 42.5 Å². The number of benzene rings is 2. The van der Waals surface area contributed by atoms with Gasteiger partial charge in [-0.1, -0.05) is 0 Å². The Labute approximate surface area is 168 Å². The number of nitro groups is 1. The van der Waals surface area contributed by atoms with E-state index < -0.39 is 29.1 Å². The lowest BCUT2D eigenvalue weighted by Crippen LogP contribution is -2.30. The van der Waals surface area contributed by atoms with Crippen molar-refractivity contribution >= 4 is 34.6 Å². The highest BCUT2D eigenvalue weighted by atomic mass is 16.6. The molecule has 2 aromatic carbocycles. The predicted octanol–water partition coefficient (Wildman–Crippen LogP) is 3.21. The van der Waals surface area contributed by atoms with E-state index in [1.165, 1.54) is 12.1 Å². The Hall–Kier alpha value is -3.62. The fraction of sp³-hybridized carbons (Fsp3) is 0.300. The van der Waals surface area contributed by atoms with Crippen molar-refractivity contribution in [2.24, 2.45) is 0 Å². The van der Waals surface area contributed by atoms with Crippen LogP contribution in [0.5, 0.6) is 0 Å². The summed E-state index contributed by atoms with van der Waals surface area (Å²) in [5, 5.41) is 13.5. The van der Waals surface area contributed by atoms with Crippen molar-refractivity contribution in [1.29, 1.82) is 0 Å². The van der Waals surface area contributed by atoms with Crippen LogP contribution >= 0.6 is 0 Å². The van der Waals surface area contributed by atoms with Crippen LogP contribution in [-0.2, 0) is 9.53 Å². The van der Waals surface area contributed by atoms with Gasteiger partial charge < -0.3 is 20.7 Å². The quantitative estimate of drug-likeness (QED) is 0.301. The van der Waals surface area contributed by atoms with Crippen LogP contribution in [0.3, 0.4) is 0 Å². The average molecular weight is 400 g/mol. The first-order valence-electron chi connectivity index (χ1n) is 9.10. The second kappa shape index (κ2) is 9.54. The summed E-state index contributed by atoms with van der Waals surface area (Å²) in [4.78, 5) is 36.5. The molecule has 2 aromatic rings. The number of anilines is 3. The summed E-state index contributed by atoms with van der Waals surface area (Å²) in [6, 6.07) is 11.2. The molecule has 0 radical (unpaired) electrons. The summed E-state index contributed by atoms with van der Waals surface area (Å²) in [6.07, 6.45) is 0. The number of nitrogen functional groups attached to an aromatic ring is 1. The minimum Gasteiger partial charge on any atom is -0.452 e. The first-order chi connectivity index (χ1) is 13.7. The maximum atomic E-state index is 12.0. The molecule has 0 saturated heterocycles. The van der Waals surface area contributed by atoms with Gasteiger partial charge in [0.2, 0.25) is 0 Å². The van der Waals surface area contributed by atoms with Crippen molar-refractivity contribution in [3.63, 3.8) is 0 Å². The molecular weight excluding hydrogens is 376 g/mol.